The van der Waals surface area contributed by atoms with Crippen molar-refractivity contribution in [3.8, 4) is 0 Å². The first-order valence-corrected chi connectivity index (χ1v) is 8.17. The Labute approximate surface area is 129 Å². The van der Waals surface area contributed by atoms with Gasteiger partial charge in [-0.15, -0.1) is 0 Å². The minimum absolute atomic E-state index is 0.0881. The van der Waals surface area contributed by atoms with Gasteiger partial charge in [-0.25, -0.2) is 0 Å². The van der Waals surface area contributed by atoms with Gasteiger partial charge in [0, 0.05) is 25.8 Å². The monoisotopic (exact) mass is 290 g/mol. The lowest BCUT2D eigenvalue weighted by molar-refractivity contribution is 0.0567. The fourth-order valence-corrected chi connectivity index (χ4v) is 3.59. The van der Waals surface area contributed by atoms with Crippen molar-refractivity contribution in [2.24, 2.45) is 17.6 Å². The summed E-state index contributed by atoms with van der Waals surface area (Å²) in [6.45, 7) is 7.74. The van der Waals surface area contributed by atoms with Gasteiger partial charge >= 0.3 is 0 Å². The number of piperidine rings is 1. The number of methoxy groups -OCH3 is 1. The van der Waals surface area contributed by atoms with Gasteiger partial charge in [-0.2, -0.15) is 0 Å². The summed E-state index contributed by atoms with van der Waals surface area (Å²) in [6.07, 6.45) is 2.44. The number of ether oxygens (including phenoxy) is 1. The van der Waals surface area contributed by atoms with E-state index in [2.05, 4.69) is 49.1 Å². The maximum Gasteiger partial charge on any atom is 0.0491 e. The number of hydrogen-bond acceptors (Lipinski definition) is 3. The van der Waals surface area contributed by atoms with Crippen molar-refractivity contribution in [3.05, 3.63) is 35.9 Å². The zero-order valence-electron chi connectivity index (χ0n) is 13.7. The molecule has 0 aromatic heterocycles. The Kier molecular flexibility index (Phi) is 6.22. The summed E-state index contributed by atoms with van der Waals surface area (Å²) in [6, 6.07) is 11.0. The predicted octanol–water partition coefficient (Wildman–Crippen LogP) is 3.07. The predicted molar refractivity (Wildman–Crippen MR) is 88.2 cm³/mol. The molecule has 3 heteroatoms. The summed E-state index contributed by atoms with van der Waals surface area (Å²) in [4.78, 5) is 2.59. The summed E-state index contributed by atoms with van der Waals surface area (Å²) >= 11 is 0. The molecule has 2 rings (SSSR count). The van der Waals surface area contributed by atoms with Gasteiger partial charge in [-0.1, -0.05) is 44.2 Å². The van der Waals surface area contributed by atoms with Crippen LogP contribution >= 0.6 is 0 Å². The van der Waals surface area contributed by atoms with Crippen LogP contribution in [0.1, 0.15) is 38.3 Å². The Bertz CT molecular complexity index is 399. The summed E-state index contributed by atoms with van der Waals surface area (Å²) in [5.41, 5.74) is 7.84. The van der Waals surface area contributed by atoms with Gasteiger partial charge < -0.3 is 10.5 Å². The van der Waals surface area contributed by atoms with Crippen LogP contribution in [0.25, 0.3) is 0 Å². The zero-order chi connectivity index (χ0) is 15.2. The van der Waals surface area contributed by atoms with E-state index in [0.29, 0.717) is 17.9 Å². The smallest absolute Gasteiger partial charge is 0.0491 e. The van der Waals surface area contributed by atoms with E-state index in [1.54, 1.807) is 7.11 Å². The molecular weight excluding hydrogens is 260 g/mol. The molecule has 1 aliphatic heterocycles. The number of nitrogens with two attached hydrogens (primary N) is 1. The van der Waals surface area contributed by atoms with Gasteiger partial charge in [0.15, 0.2) is 0 Å². The van der Waals surface area contributed by atoms with Gasteiger partial charge in [-0.3, -0.25) is 4.90 Å². The molecule has 21 heavy (non-hydrogen) atoms. The lowest BCUT2D eigenvalue weighted by atomic mass is 9.87. The van der Waals surface area contributed by atoms with Gasteiger partial charge in [0.25, 0.3) is 0 Å². The fourth-order valence-electron chi connectivity index (χ4n) is 3.59. The Morgan fingerprint density at radius 1 is 1.19 bits per heavy atom. The summed E-state index contributed by atoms with van der Waals surface area (Å²) in [5, 5.41) is 0. The first-order valence-electron chi connectivity index (χ1n) is 8.17. The van der Waals surface area contributed by atoms with Crippen LogP contribution in [0.3, 0.4) is 0 Å². The van der Waals surface area contributed by atoms with Crippen molar-refractivity contribution in [2.75, 3.05) is 26.8 Å². The van der Waals surface area contributed by atoms with Crippen molar-refractivity contribution >= 4 is 0 Å². The van der Waals surface area contributed by atoms with Crippen LogP contribution in [-0.2, 0) is 4.74 Å². The molecule has 0 amide bonds. The Hall–Kier alpha value is -0.900. The third-order valence-corrected chi connectivity index (χ3v) is 4.71. The Balaban J connectivity index is 2.03. The van der Waals surface area contributed by atoms with Crippen molar-refractivity contribution in [2.45, 2.75) is 38.8 Å². The van der Waals surface area contributed by atoms with Gasteiger partial charge in [0.2, 0.25) is 0 Å². The first kappa shape index (κ1) is 16.5. The van der Waals surface area contributed by atoms with Gasteiger partial charge in [0.05, 0.1) is 0 Å². The highest BCUT2D eigenvalue weighted by Gasteiger charge is 2.31. The van der Waals surface area contributed by atoms with Gasteiger partial charge in [0.1, 0.15) is 0 Å². The second kappa shape index (κ2) is 7.92. The maximum atomic E-state index is 6.60. The first-order chi connectivity index (χ1) is 10.1. The standard InChI is InChI=1S/C18H30N2O/c1-14(2)18(17(19)16-7-5-4-6-8-16)20-11-9-15(10-12-20)13-21-3/h4-8,14-15,17-18H,9-13,19H2,1-3H3. The molecule has 1 aromatic carbocycles. The van der Waals surface area contributed by atoms with E-state index >= 15 is 0 Å². The van der Waals surface area contributed by atoms with E-state index in [-0.39, 0.29) is 6.04 Å². The van der Waals surface area contributed by atoms with Crippen LogP contribution < -0.4 is 5.73 Å². The molecule has 0 aliphatic carbocycles. The molecule has 0 radical (unpaired) electrons. The highest BCUT2D eigenvalue weighted by molar-refractivity contribution is 5.20. The van der Waals surface area contributed by atoms with E-state index in [1.165, 1.54) is 18.4 Å². The van der Waals surface area contributed by atoms with Crippen molar-refractivity contribution < 1.29 is 4.74 Å². The molecule has 3 nitrogen and oxygen atoms in total. The Morgan fingerprint density at radius 2 is 1.81 bits per heavy atom. The molecule has 1 heterocycles. The molecule has 0 spiro atoms. The second-order valence-electron chi connectivity index (χ2n) is 6.61. The summed E-state index contributed by atoms with van der Waals surface area (Å²) < 4.78 is 5.30. The average molecular weight is 290 g/mol. The second-order valence-corrected chi connectivity index (χ2v) is 6.61. The molecule has 1 aliphatic rings. The molecule has 0 bridgehead atoms. The van der Waals surface area contributed by atoms with Crippen molar-refractivity contribution in [1.82, 2.24) is 4.90 Å². The van der Waals surface area contributed by atoms with Crippen LogP contribution in [0.4, 0.5) is 0 Å². The number of hydrogen-bond donors (Lipinski definition) is 1. The normalized spacial score (nSPS) is 20.6. The summed E-state index contributed by atoms with van der Waals surface area (Å²) in [5.74, 6) is 1.27. The number of nitrogens with zero attached hydrogens (tertiary/aromatic N) is 1. The van der Waals surface area contributed by atoms with Crippen LogP contribution in [0.2, 0.25) is 0 Å². The van der Waals surface area contributed by atoms with E-state index in [9.17, 15) is 0 Å². The molecule has 1 saturated heterocycles. The molecule has 2 unspecified atom stereocenters. The van der Waals surface area contributed by atoms with Crippen LogP contribution in [0.15, 0.2) is 30.3 Å². The molecule has 2 N–H and O–H groups in total. The topological polar surface area (TPSA) is 38.5 Å². The molecule has 0 saturated carbocycles. The number of rotatable bonds is 6. The fraction of sp³-hybridized carbons (Fsp3) is 0.667. The van der Waals surface area contributed by atoms with E-state index in [1.807, 2.05) is 0 Å². The molecule has 118 valence electrons. The van der Waals surface area contributed by atoms with Crippen molar-refractivity contribution in [1.29, 1.82) is 0 Å². The summed E-state index contributed by atoms with van der Waals surface area (Å²) in [7, 11) is 1.80. The third kappa shape index (κ3) is 4.29. The third-order valence-electron chi connectivity index (χ3n) is 4.71. The minimum Gasteiger partial charge on any atom is -0.384 e. The van der Waals surface area contributed by atoms with E-state index < -0.39 is 0 Å². The largest absolute Gasteiger partial charge is 0.384 e. The SMILES string of the molecule is COCC1CCN(C(C(C)C)C(N)c2ccccc2)CC1. The number of likely N-dealkylation sites (tertiary alicyclic amines) is 1. The Morgan fingerprint density at radius 3 is 2.33 bits per heavy atom. The minimum atomic E-state index is 0.0881. The van der Waals surface area contributed by atoms with E-state index in [4.69, 9.17) is 10.5 Å². The quantitative estimate of drug-likeness (QED) is 0.875. The van der Waals surface area contributed by atoms with Crippen LogP contribution in [0, 0.1) is 11.8 Å². The van der Waals surface area contributed by atoms with E-state index in [0.717, 1.165) is 19.7 Å². The maximum absolute atomic E-state index is 6.60. The van der Waals surface area contributed by atoms with Gasteiger partial charge in [-0.05, 0) is 43.3 Å². The number of benzene rings is 1. The van der Waals surface area contributed by atoms with Crippen LogP contribution in [-0.4, -0.2) is 37.7 Å². The average Bonchev–Trinajstić information content (AvgIpc) is 2.50. The molecule has 1 aromatic rings. The zero-order valence-corrected chi connectivity index (χ0v) is 13.7. The molecule has 2 atom stereocenters. The highest BCUT2D eigenvalue weighted by Crippen LogP contribution is 2.28. The lowest BCUT2D eigenvalue weighted by Crippen LogP contribution is -2.49. The highest BCUT2D eigenvalue weighted by atomic mass is 16.5. The lowest BCUT2D eigenvalue weighted by Gasteiger charge is -2.42. The van der Waals surface area contributed by atoms with Crippen LogP contribution in [0.5, 0.6) is 0 Å². The molecular formula is C18H30N2O. The van der Waals surface area contributed by atoms with Crippen molar-refractivity contribution in [3.63, 3.8) is 0 Å². The molecule has 1 fully saturated rings.